The van der Waals surface area contributed by atoms with Crippen LogP contribution in [0.3, 0.4) is 0 Å². The Morgan fingerprint density at radius 1 is 1.37 bits per heavy atom. The molecule has 0 saturated carbocycles. The molecule has 1 heterocycles. The molecule has 102 valence electrons. The molecule has 0 aliphatic rings. The number of fused-ring (bicyclic) bond motifs is 1. The quantitative estimate of drug-likeness (QED) is 0.866. The molecule has 0 atom stereocenters. The van der Waals surface area contributed by atoms with Gasteiger partial charge in [-0.1, -0.05) is 6.07 Å². The second-order valence-electron chi connectivity index (χ2n) is 4.64. The summed E-state index contributed by atoms with van der Waals surface area (Å²) >= 11 is 0. The van der Waals surface area contributed by atoms with Crippen molar-refractivity contribution in [1.82, 2.24) is 4.98 Å². The predicted molar refractivity (Wildman–Crippen MR) is 73.1 cm³/mol. The Labute approximate surface area is 111 Å². The van der Waals surface area contributed by atoms with Crippen molar-refractivity contribution in [3.05, 3.63) is 35.5 Å². The second-order valence-corrected chi connectivity index (χ2v) is 6.90. The highest BCUT2D eigenvalue weighted by Crippen LogP contribution is 2.21. The third kappa shape index (κ3) is 3.57. The number of benzene rings is 1. The van der Waals surface area contributed by atoms with E-state index in [-0.39, 0.29) is 12.2 Å². The highest BCUT2D eigenvalue weighted by Gasteiger charge is 2.09. The lowest BCUT2D eigenvalue weighted by molar-refractivity contribution is -0.136. The lowest BCUT2D eigenvalue weighted by atomic mass is 10.1. The first-order valence-corrected chi connectivity index (χ1v) is 7.89. The van der Waals surface area contributed by atoms with E-state index < -0.39 is 15.8 Å². The van der Waals surface area contributed by atoms with Crippen LogP contribution in [0, 0.1) is 0 Å². The molecule has 5 nitrogen and oxygen atoms in total. The van der Waals surface area contributed by atoms with E-state index in [9.17, 15) is 13.2 Å². The van der Waals surface area contributed by atoms with Crippen LogP contribution in [0.4, 0.5) is 0 Å². The molecule has 2 N–H and O–H groups in total. The smallest absolute Gasteiger partial charge is 0.307 e. The minimum absolute atomic E-state index is 0.0351. The van der Waals surface area contributed by atoms with Gasteiger partial charge in [-0.2, -0.15) is 0 Å². The summed E-state index contributed by atoms with van der Waals surface area (Å²) in [6.45, 7) is 0. The topological polar surface area (TPSA) is 87.2 Å². The third-order valence-electron chi connectivity index (χ3n) is 2.93. The number of aliphatic carboxylic acids is 1. The van der Waals surface area contributed by atoms with E-state index >= 15 is 0 Å². The molecule has 0 fully saturated rings. The van der Waals surface area contributed by atoms with Crippen LogP contribution in [0.15, 0.2) is 24.4 Å². The molecule has 0 radical (unpaired) electrons. The van der Waals surface area contributed by atoms with Gasteiger partial charge < -0.3 is 10.1 Å². The zero-order valence-electron chi connectivity index (χ0n) is 10.5. The summed E-state index contributed by atoms with van der Waals surface area (Å²) in [5, 5.41) is 9.67. The van der Waals surface area contributed by atoms with Gasteiger partial charge in [0.25, 0.3) is 0 Å². The maximum Gasteiger partial charge on any atom is 0.307 e. The molecule has 6 heteroatoms. The summed E-state index contributed by atoms with van der Waals surface area (Å²) in [7, 11) is -3.01. The second kappa shape index (κ2) is 5.05. The third-order valence-corrected chi connectivity index (χ3v) is 3.88. The van der Waals surface area contributed by atoms with Crippen molar-refractivity contribution in [3.8, 4) is 0 Å². The highest BCUT2D eigenvalue weighted by atomic mass is 32.2. The molecular weight excluding hydrogens is 266 g/mol. The number of H-pyrrole nitrogens is 1. The van der Waals surface area contributed by atoms with Gasteiger partial charge in [0.2, 0.25) is 0 Å². The van der Waals surface area contributed by atoms with E-state index in [0.717, 1.165) is 16.5 Å². The molecule has 2 rings (SSSR count). The number of hydrogen-bond donors (Lipinski definition) is 2. The summed E-state index contributed by atoms with van der Waals surface area (Å²) < 4.78 is 22.4. The summed E-state index contributed by atoms with van der Waals surface area (Å²) in [5.41, 5.74) is 2.49. The Hall–Kier alpha value is -1.82. The maximum atomic E-state index is 11.2. The first kappa shape index (κ1) is 13.6. The first-order chi connectivity index (χ1) is 8.85. The number of carboxylic acids is 1. The average molecular weight is 281 g/mol. The Balaban J connectivity index is 2.31. The van der Waals surface area contributed by atoms with Crippen LogP contribution in [-0.2, 0) is 27.5 Å². The lowest BCUT2D eigenvalue weighted by Crippen LogP contribution is -2.05. The summed E-state index contributed by atoms with van der Waals surface area (Å²) in [6, 6.07) is 5.38. The number of aromatic amines is 1. The van der Waals surface area contributed by atoms with Crippen LogP contribution in [0.5, 0.6) is 0 Å². The summed E-state index contributed by atoms with van der Waals surface area (Å²) in [5.74, 6) is -0.795. The lowest BCUT2D eigenvalue weighted by Gasteiger charge is -2.01. The monoisotopic (exact) mass is 281 g/mol. The van der Waals surface area contributed by atoms with E-state index in [0.29, 0.717) is 12.0 Å². The van der Waals surface area contributed by atoms with Gasteiger partial charge in [0, 0.05) is 23.4 Å². The van der Waals surface area contributed by atoms with Crippen LogP contribution >= 0.6 is 0 Å². The Morgan fingerprint density at radius 2 is 2.11 bits per heavy atom. The number of carbonyl (C=O) groups is 1. The van der Waals surface area contributed by atoms with Crippen molar-refractivity contribution in [2.75, 3.05) is 12.0 Å². The molecule has 0 saturated heterocycles. The molecule has 0 bridgehead atoms. The molecule has 1 aromatic carbocycles. The zero-order chi connectivity index (χ0) is 14.0. The average Bonchev–Trinajstić information content (AvgIpc) is 2.67. The number of aryl methyl sites for hydroxylation is 1. The van der Waals surface area contributed by atoms with Crippen molar-refractivity contribution in [2.45, 2.75) is 12.8 Å². The molecule has 0 unspecified atom stereocenters. The maximum absolute atomic E-state index is 11.2. The fourth-order valence-corrected chi connectivity index (χ4v) is 2.60. The Morgan fingerprint density at radius 3 is 2.74 bits per heavy atom. The van der Waals surface area contributed by atoms with Crippen molar-refractivity contribution in [3.63, 3.8) is 0 Å². The number of rotatable bonds is 5. The van der Waals surface area contributed by atoms with Crippen molar-refractivity contribution in [1.29, 1.82) is 0 Å². The van der Waals surface area contributed by atoms with Gasteiger partial charge in [-0.25, -0.2) is 8.42 Å². The van der Waals surface area contributed by atoms with Crippen molar-refractivity contribution in [2.24, 2.45) is 0 Å². The Kier molecular flexibility index (Phi) is 3.61. The van der Waals surface area contributed by atoms with E-state index in [2.05, 4.69) is 4.98 Å². The number of carboxylic acid groups (broad SMARTS) is 1. The van der Waals surface area contributed by atoms with Gasteiger partial charge in [-0.3, -0.25) is 4.79 Å². The largest absolute Gasteiger partial charge is 0.481 e. The van der Waals surface area contributed by atoms with Crippen LogP contribution in [-0.4, -0.2) is 36.5 Å². The molecule has 2 aromatic rings. The van der Waals surface area contributed by atoms with E-state index in [1.165, 1.54) is 6.26 Å². The predicted octanol–water partition coefficient (Wildman–Crippen LogP) is 1.38. The molecule has 0 amide bonds. The van der Waals surface area contributed by atoms with Crippen LogP contribution in [0.2, 0.25) is 0 Å². The van der Waals surface area contributed by atoms with Gasteiger partial charge in [-0.05, 0) is 29.7 Å². The van der Waals surface area contributed by atoms with Gasteiger partial charge in [0.15, 0.2) is 0 Å². The molecular formula is C13H15NO4S. The molecule has 0 aliphatic heterocycles. The van der Waals surface area contributed by atoms with Crippen molar-refractivity contribution >= 4 is 26.7 Å². The molecule has 19 heavy (non-hydrogen) atoms. The fraction of sp³-hybridized carbons (Fsp3) is 0.308. The first-order valence-electron chi connectivity index (χ1n) is 5.83. The van der Waals surface area contributed by atoms with E-state index in [1.807, 2.05) is 6.07 Å². The Bertz CT molecular complexity index is 715. The summed E-state index contributed by atoms with van der Waals surface area (Å²) in [4.78, 5) is 13.8. The highest BCUT2D eigenvalue weighted by molar-refractivity contribution is 7.90. The molecule has 1 aromatic heterocycles. The molecule has 0 aliphatic carbocycles. The standard InChI is InChI=1S/C13H15NO4S/c1-19(17,18)5-4-10-8-14-12-3-2-9(6-11(10)12)7-13(15)16/h2-3,6,8,14H,4-5,7H2,1H3,(H,15,16). The van der Waals surface area contributed by atoms with Gasteiger partial charge in [-0.15, -0.1) is 0 Å². The van der Waals surface area contributed by atoms with Crippen LogP contribution in [0.1, 0.15) is 11.1 Å². The van der Waals surface area contributed by atoms with E-state index in [4.69, 9.17) is 5.11 Å². The van der Waals surface area contributed by atoms with Crippen LogP contribution < -0.4 is 0 Å². The summed E-state index contributed by atoms with van der Waals surface area (Å²) in [6.07, 6.45) is 3.38. The minimum Gasteiger partial charge on any atom is -0.481 e. The number of nitrogens with one attached hydrogen (secondary N) is 1. The zero-order valence-corrected chi connectivity index (χ0v) is 11.3. The number of aromatic nitrogens is 1. The van der Waals surface area contributed by atoms with Crippen LogP contribution in [0.25, 0.3) is 10.9 Å². The van der Waals surface area contributed by atoms with Gasteiger partial charge in [0.1, 0.15) is 9.84 Å². The van der Waals surface area contributed by atoms with Gasteiger partial charge >= 0.3 is 5.97 Å². The normalized spacial score (nSPS) is 11.8. The number of sulfone groups is 1. The SMILES string of the molecule is CS(=O)(=O)CCc1c[nH]c2ccc(CC(=O)O)cc12. The van der Waals surface area contributed by atoms with Gasteiger partial charge in [0.05, 0.1) is 12.2 Å². The minimum atomic E-state index is -3.01. The van der Waals surface area contributed by atoms with E-state index in [1.54, 1.807) is 18.3 Å². The fourth-order valence-electron chi connectivity index (χ4n) is 2.01. The number of hydrogen-bond acceptors (Lipinski definition) is 3. The van der Waals surface area contributed by atoms with Crippen molar-refractivity contribution < 1.29 is 18.3 Å². The molecule has 0 spiro atoms.